The first-order valence-electron chi connectivity index (χ1n) is 19.7. The average Bonchev–Trinajstić information content (AvgIpc) is 3.81. The maximum Gasteiger partial charge on any atom is 0.179 e. The molecule has 0 unspecified atom stereocenters. The zero-order valence-electron chi connectivity index (χ0n) is 31.3. The Hall–Kier alpha value is -7.20. The van der Waals surface area contributed by atoms with Crippen LogP contribution in [0.2, 0.25) is 0 Å². The lowest BCUT2D eigenvalue weighted by Crippen LogP contribution is -2.74. The Kier molecular flexibility index (Phi) is 7.87. The van der Waals surface area contributed by atoms with E-state index in [4.69, 9.17) is 0 Å². The molecule has 0 amide bonds. The molecule has 2 heterocycles. The van der Waals surface area contributed by atoms with Crippen LogP contribution in [0.4, 0.5) is 0 Å². The van der Waals surface area contributed by atoms with Gasteiger partial charge < -0.3 is 9.13 Å². The highest BCUT2D eigenvalue weighted by Crippen LogP contribution is 2.40. The van der Waals surface area contributed by atoms with Gasteiger partial charge in [0.25, 0.3) is 0 Å². The molecule has 2 nitrogen and oxygen atoms in total. The second kappa shape index (κ2) is 13.5. The van der Waals surface area contributed by atoms with E-state index in [-0.39, 0.29) is 0 Å². The largest absolute Gasteiger partial charge is 0.309 e. The Morgan fingerprint density at radius 2 is 0.737 bits per heavy atom. The maximum atomic E-state index is 2.54. The molecular weight excluding hydrogens is 705 g/mol. The number of hydrogen-bond acceptors (Lipinski definition) is 0. The van der Waals surface area contributed by atoms with Gasteiger partial charge in [0, 0.05) is 38.5 Å². The minimum atomic E-state index is -2.85. The molecule has 0 saturated carbocycles. The predicted octanol–water partition coefficient (Wildman–Crippen LogP) is 10.9. The molecule has 0 N–H and O–H groups in total. The van der Waals surface area contributed by atoms with Crippen molar-refractivity contribution in [1.29, 1.82) is 0 Å². The Balaban J connectivity index is 1.29. The minimum absolute atomic E-state index is 1.14. The number of fused-ring (bicyclic) bond motifs is 6. The molecule has 268 valence electrons. The molecule has 0 radical (unpaired) electrons. The van der Waals surface area contributed by atoms with E-state index in [2.05, 4.69) is 240 Å². The second-order valence-corrected chi connectivity index (χ2v) is 18.7. The summed E-state index contributed by atoms with van der Waals surface area (Å²) in [6.07, 6.45) is 0. The number of benzene rings is 9. The van der Waals surface area contributed by atoms with Gasteiger partial charge in [0.2, 0.25) is 0 Å². The third-order valence-corrected chi connectivity index (χ3v) is 16.6. The summed E-state index contributed by atoms with van der Waals surface area (Å²) in [4.78, 5) is 0. The summed E-state index contributed by atoms with van der Waals surface area (Å²) < 4.78 is 4.93. The summed E-state index contributed by atoms with van der Waals surface area (Å²) in [5, 5.41) is 10.5. The molecule has 0 aliphatic carbocycles. The summed E-state index contributed by atoms with van der Waals surface area (Å²) in [6, 6.07) is 85.3. The standard InChI is InChI=1S/C54H38N2Si/c1-6-20-39(21-7-1)49-37-45(57(42-24-10-3-11-25-42,43-26-12-4-13-27-43)44-28-14-5-15-29-44)38-50-47-31-17-19-33-52(47)56(54(49)50)41-34-35-48-46-30-16-18-32-51(46)55(53(48)36-41)40-22-8-2-9-23-40/h1-38H. The number of hydrogen-bond donors (Lipinski definition) is 0. The maximum absolute atomic E-state index is 2.85. The summed E-state index contributed by atoms with van der Waals surface area (Å²) in [7, 11) is -2.85. The van der Waals surface area contributed by atoms with Gasteiger partial charge in [0.1, 0.15) is 0 Å². The highest BCUT2D eigenvalue weighted by molar-refractivity contribution is 7.20. The van der Waals surface area contributed by atoms with E-state index in [0.29, 0.717) is 0 Å². The molecule has 3 heteroatoms. The van der Waals surface area contributed by atoms with Gasteiger partial charge in [-0.25, -0.2) is 0 Å². The fourth-order valence-electron chi connectivity index (χ4n) is 9.44. The molecule has 9 aromatic carbocycles. The van der Waals surface area contributed by atoms with Crippen LogP contribution in [0.15, 0.2) is 231 Å². The van der Waals surface area contributed by atoms with Crippen LogP contribution in [0, 0.1) is 0 Å². The van der Waals surface area contributed by atoms with Crippen molar-refractivity contribution in [1.82, 2.24) is 9.13 Å². The van der Waals surface area contributed by atoms with Crippen molar-refractivity contribution in [2.45, 2.75) is 0 Å². The summed E-state index contributed by atoms with van der Waals surface area (Å²) >= 11 is 0. The molecule has 0 fully saturated rings. The van der Waals surface area contributed by atoms with E-state index in [0.717, 1.165) is 11.4 Å². The second-order valence-electron chi connectivity index (χ2n) is 14.9. The topological polar surface area (TPSA) is 9.86 Å². The number of nitrogens with zero attached hydrogens (tertiary/aromatic N) is 2. The van der Waals surface area contributed by atoms with Crippen LogP contribution in [-0.2, 0) is 0 Å². The highest BCUT2D eigenvalue weighted by Gasteiger charge is 2.42. The number of rotatable bonds is 7. The zero-order valence-corrected chi connectivity index (χ0v) is 32.3. The Bertz CT molecular complexity index is 3110. The lowest BCUT2D eigenvalue weighted by molar-refractivity contribution is 1.15. The number of aromatic nitrogens is 2. The third-order valence-electron chi connectivity index (χ3n) is 11.8. The van der Waals surface area contributed by atoms with Gasteiger partial charge in [-0.1, -0.05) is 194 Å². The molecule has 2 aromatic heterocycles. The van der Waals surface area contributed by atoms with Gasteiger partial charge in [0.05, 0.1) is 22.1 Å². The van der Waals surface area contributed by atoms with Crippen molar-refractivity contribution in [3.63, 3.8) is 0 Å². The van der Waals surface area contributed by atoms with Crippen molar-refractivity contribution in [2.75, 3.05) is 0 Å². The van der Waals surface area contributed by atoms with Crippen molar-refractivity contribution in [2.24, 2.45) is 0 Å². The minimum Gasteiger partial charge on any atom is -0.309 e. The molecule has 57 heavy (non-hydrogen) atoms. The molecule has 11 rings (SSSR count). The van der Waals surface area contributed by atoms with Crippen LogP contribution in [-0.4, -0.2) is 17.2 Å². The Morgan fingerprint density at radius 3 is 1.32 bits per heavy atom. The first-order valence-corrected chi connectivity index (χ1v) is 21.7. The van der Waals surface area contributed by atoms with Gasteiger partial charge in [-0.05, 0) is 62.7 Å². The molecular formula is C54H38N2Si. The monoisotopic (exact) mass is 742 g/mol. The first kappa shape index (κ1) is 33.2. The fraction of sp³-hybridized carbons (Fsp3) is 0. The lowest BCUT2D eigenvalue weighted by Gasteiger charge is -2.35. The molecule has 0 spiro atoms. The van der Waals surface area contributed by atoms with E-state index in [1.807, 2.05) is 0 Å². The average molecular weight is 743 g/mol. The van der Waals surface area contributed by atoms with Crippen molar-refractivity contribution >= 4 is 72.4 Å². The molecule has 0 aliphatic heterocycles. The Morgan fingerprint density at radius 1 is 0.281 bits per heavy atom. The molecule has 0 atom stereocenters. The first-order chi connectivity index (χ1) is 28.3. The SMILES string of the molecule is c1ccc(-c2cc([Si](c3ccccc3)(c3ccccc3)c3ccccc3)cc3c4ccccc4n(-c4ccc5c6ccccc6n(-c6ccccc6)c5c4)c23)cc1. The van der Waals surface area contributed by atoms with Crippen LogP contribution in [0.5, 0.6) is 0 Å². The highest BCUT2D eigenvalue weighted by atomic mass is 28.3. The van der Waals surface area contributed by atoms with E-state index in [1.165, 1.54) is 75.5 Å². The molecule has 0 bridgehead atoms. The van der Waals surface area contributed by atoms with E-state index in [1.54, 1.807) is 0 Å². The molecule has 11 aromatic rings. The molecule has 0 saturated heterocycles. The van der Waals surface area contributed by atoms with Crippen LogP contribution >= 0.6 is 0 Å². The van der Waals surface area contributed by atoms with E-state index < -0.39 is 8.07 Å². The predicted molar refractivity (Wildman–Crippen MR) is 244 cm³/mol. The van der Waals surface area contributed by atoms with E-state index in [9.17, 15) is 0 Å². The van der Waals surface area contributed by atoms with Crippen LogP contribution in [0.3, 0.4) is 0 Å². The van der Waals surface area contributed by atoms with E-state index >= 15 is 0 Å². The van der Waals surface area contributed by atoms with Crippen LogP contribution in [0.25, 0.3) is 66.1 Å². The van der Waals surface area contributed by atoms with Crippen LogP contribution in [0.1, 0.15) is 0 Å². The van der Waals surface area contributed by atoms with Crippen molar-refractivity contribution in [3.8, 4) is 22.5 Å². The van der Waals surface area contributed by atoms with Gasteiger partial charge >= 0.3 is 0 Å². The van der Waals surface area contributed by atoms with Gasteiger partial charge in [-0.2, -0.15) is 0 Å². The molecule has 0 aliphatic rings. The lowest BCUT2D eigenvalue weighted by atomic mass is 10.0. The van der Waals surface area contributed by atoms with Crippen molar-refractivity contribution < 1.29 is 0 Å². The quantitative estimate of drug-likeness (QED) is 0.114. The van der Waals surface area contributed by atoms with Gasteiger partial charge in [0.15, 0.2) is 8.07 Å². The fourth-order valence-corrected chi connectivity index (χ4v) is 14.2. The summed E-state index contributed by atoms with van der Waals surface area (Å²) in [6.45, 7) is 0. The van der Waals surface area contributed by atoms with Crippen molar-refractivity contribution in [3.05, 3.63) is 231 Å². The summed E-state index contributed by atoms with van der Waals surface area (Å²) in [5.41, 5.74) is 9.51. The third kappa shape index (κ3) is 5.17. The number of para-hydroxylation sites is 3. The van der Waals surface area contributed by atoms with Crippen LogP contribution < -0.4 is 20.7 Å². The smallest absolute Gasteiger partial charge is 0.179 e. The van der Waals surface area contributed by atoms with Gasteiger partial charge in [-0.15, -0.1) is 0 Å². The summed E-state index contributed by atoms with van der Waals surface area (Å²) in [5.74, 6) is 0. The zero-order chi connectivity index (χ0) is 37.8. The normalized spacial score (nSPS) is 11.9. The van der Waals surface area contributed by atoms with Gasteiger partial charge in [-0.3, -0.25) is 0 Å². The Labute approximate surface area is 333 Å².